The molecule has 2 unspecified atom stereocenters. The minimum Gasteiger partial charge on any atom is -0.318 e. The number of rotatable bonds is 4. The highest BCUT2D eigenvalue weighted by molar-refractivity contribution is 5.61. The van der Waals surface area contributed by atoms with E-state index < -0.39 is 4.92 Å². The van der Waals surface area contributed by atoms with Crippen LogP contribution in [0.25, 0.3) is 0 Å². The van der Waals surface area contributed by atoms with Crippen LogP contribution in [0.4, 0.5) is 11.4 Å². The molecule has 0 saturated carbocycles. The molecule has 0 aliphatic carbocycles. The highest BCUT2D eigenvalue weighted by atomic mass is 16.6. The van der Waals surface area contributed by atoms with Gasteiger partial charge >= 0.3 is 0 Å². The molecule has 0 spiro atoms. The van der Waals surface area contributed by atoms with Gasteiger partial charge in [0.05, 0.1) is 4.92 Å². The Bertz CT molecular complexity index is 482. The van der Waals surface area contributed by atoms with Gasteiger partial charge in [0, 0.05) is 24.7 Å². The molecular weight excluding hydrogens is 256 g/mol. The average molecular weight is 278 g/mol. The summed E-state index contributed by atoms with van der Waals surface area (Å²) >= 11 is 0. The summed E-state index contributed by atoms with van der Waals surface area (Å²) in [5.74, 6) is 5.30. The molecule has 1 aliphatic heterocycles. The second kappa shape index (κ2) is 6.19. The van der Waals surface area contributed by atoms with E-state index in [1.165, 1.54) is 19.3 Å². The summed E-state index contributed by atoms with van der Waals surface area (Å²) in [5.41, 5.74) is 3.70. The Morgan fingerprint density at radius 2 is 2.05 bits per heavy atom. The normalized spacial score (nSPS) is 23.6. The van der Waals surface area contributed by atoms with Crippen molar-refractivity contribution in [3.63, 3.8) is 0 Å². The summed E-state index contributed by atoms with van der Waals surface area (Å²) in [6, 6.07) is 6.22. The molecule has 1 saturated heterocycles. The molecule has 0 aromatic heterocycles. The predicted molar refractivity (Wildman–Crippen MR) is 79.2 cm³/mol. The van der Waals surface area contributed by atoms with Gasteiger partial charge in [-0.1, -0.05) is 12.5 Å². The van der Waals surface area contributed by atoms with Crippen molar-refractivity contribution >= 4 is 11.4 Å². The van der Waals surface area contributed by atoms with Gasteiger partial charge in [0.25, 0.3) is 5.69 Å². The summed E-state index contributed by atoms with van der Waals surface area (Å²) in [4.78, 5) is 13.1. The Balaban J connectivity index is 2.20. The SMILES string of the molecule is CC1CCCC(C)N1Cc1ccc(NN)c([N+](=O)[O-])c1. The van der Waals surface area contributed by atoms with Crippen molar-refractivity contribution in [2.24, 2.45) is 5.84 Å². The van der Waals surface area contributed by atoms with Gasteiger partial charge in [-0.15, -0.1) is 0 Å². The van der Waals surface area contributed by atoms with Crippen molar-refractivity contribution in [3.05, 3.63) is 33.9 Å². The van der Waals surface area contributed by atoms with E-state index >= 15 is 0 Å². The first kappa shape index (κ1) is 14.7. The van der Waals surface area contributed by atoms with Crippen LogP contribution >= 0.6 is 0 Å². The number of nitro groups is 1. The third-order valence-electron chi connectivity index (χ3n) is 4.16. The first-order chi connectivity index (χ1) is 9.52. The van der Waals surface area contributed by atoms with Crippen LogP contribution in [0.2, 0.25) is 0 Å². The molecule has 1 heterocycles. The van der Waals surface area contributed by atoms with E-state index in [0.29, 0.717) is 17.8 Å². The summed E-state index contributed by atoms with van der Waals surface area (Å²) in [7, 11) is 0. The zero-order valence-corrected chi connectivity index (χ0v) is 12.0. The number of piperidine rings is 1. The first-order valence-electron chi connectivity index (χ1n) is 7.02. The Morgan fingerprint density at radius 1 is 1.40 bits per heavy atom. The fourth-order valence-corrected chi connectivity index (χ4v) is 2.95. The second-order valence-corrected chi connectivity index (χ2v) is 5.55. The molecule has 20 heavy (non-hydrogen) atoms. The standard InChI is InChI=1S/C14H22N4O2/c1-10-4-3-5-11(2)17(10)9-12-6-7-13(16-15)14(8-12)18(19)20/h6-8,10-11,16H,3-5,9,15H2,1-2H3. The van der Waals surface area contributed by atoms with Gasteiger partial charge in [0.1, 0.15) is 5.69 Å². The Hall–Kier alpha value is -1.66. The Morgan fingerprint density at radius 3 is 2.60 bits per heavy atom. The summed E-state index contributed by atoms with van der Waals surface area (Å²) in [6.07, 6.45) is 3.64. The Labute approximate surface area is 119 Å². The minimum atomic E-state index is -0.401. The topological polar surface area (TPSA) is 84.4 Å². The van der Waals surface area contributed by atoms with E-state index in [2.05, 4.69) is 24.2 Å². The Kier molecular flexibility index (Phi) is 4.57. The summed E-state index contributed by atoms with van der Waals surface area (Å²) in [5, 5.41) is 11.1. The molecule has 6 heteroatoms. The third kappa shape index (κ3) is 3.08. The monoisotopic (exact) mass is 278 g/mol. The van der Waals surface area contributed by atoms with Crippen LogP contribution in [-0.2, 0) is 6.54 Å². The molecule has 1 aromatic rings. The van der Waals surface area contributed by atoms with Gasteiger partial charge in [-0.25, -0.2) is 0 Å². The maximum absolute atomic E-state index is 11.1. The largest absolute Gasteiger partial charge is 0.318 e. The fraction of sp³-hybridized carbons (Fsp3) is 0.571. The van der Waals surface area contributed by atoms with Crippen LogP contribution in [0.5, 0.6) is 0 Å². The molecule has 1 aliphatic rings. The van der Waals surface area contributed by atoms with E-state index in [1.54, 1.807) is 12.1 Å². The van der Waals surface area contributed by atoms with Gasteiger partial charge in [-0.05, 0) is 38.3 Å². The molecule has 0 amide bonds. The zero-order valence-electron chi connectivity index (χ0n) is 12.0. The highest BCUT2D eigenvalue weighted by Crippen LogP contribution is 2.28. The molecule has 2 rings (SSSR count). The van der Waals surface area contributed by atoms with Crippen LogP contribution in [0.3, 0.4) is 0 Å². The van der Waals surface area contributed by atoms with Crippen LogP contribution in [0.15, 0.2) is 18.2 Å². The smallest absolute Gasteiger partial charge is 0.293 e. The van der Waals surface area contributed by atoms with E-state index in [-0.39, 0.29) is 5.69 Å². The molecular formula is C14H22N4O2. The number of likely N-dealkylation sites (tertiary alicyclic amines) is 1. The van der Waals surface area contributed by atoms with E-state index in [9.17, 15) is 10.1 Å². The number of nitrogens with one attached hydrogen (secondary N) is 1. The van der Waals surface area contributed by atoms with Crippen molar-refractivity contribution in [2.45, 2.75) is 51.7 Å². The number of nitrogens with two attached hydrogens (primary N) is 1. The van der Waals surface area contributed by atoms with Gasteiger partial charge < -0.3 is 5.43 Å². The summed E-state index contributed by atoms with van der Waals surface area (Å²) < 4.78 is 0. The molecule has 0 radical (unpaired) electrons. The number of nitro benzene ring substituents is 1. The number of benzene rings is 1. The van der Waals surface area contributed by atoms with Crippen LogP contribution in [0, 0.1) is 10.1 Å². The fourth-order valence-electron chi connectivity index (χ4n) is 2.95. The number of hydrogen-bond acceptors (Lipinski definition) is 5. The van der Waals surface area contributed by atoms with Gasteiger partial charge in [-0.3, -0.25) is 20.9 Å². The molecule has 110 valence electrons. The molecule has 3 N–H and O–H groups in total. The van der Waals surface area contributed by atoms with Gasteiger partial charge in [0.15, 0.2) is 0 Å². The first-order valence-corrected chi connectivity index (χ1v) is 7.02. The predicted octanol–water partition coefficient (Wildman–Crippen LogP) is 2.64. The van der Waals surface area contributed by atoms with Gasteiger partial charge in [0.2, 0.25) is 0 Å². The molecule has 1 aromatic carbocycles. The zero-order chi connectivity index (χ0) is 14.7. The lowest BCUT2D eigenvalue weighted by Crippen LogP contribution is -2.42. The van der Waals surface area contributed by atoms with Crippen molar-refractivity contribution < 1.29 is 4.92 Å². The highest BCUT2D eigenvalue weighted by Gasteiger charge is 2.25. The molecule has 2 atom stereocenters. The van der Waals surface area contributed by atoms with Crippen LogP contribution in [0.1, 0.15) is 38.7 Å². The van der Waals surface area contributed by atoms with Crippen molar-refractivity contribution in [3.8, 4) is 0 Å². The lowest BCUT2D eigenvalue weighted by atomic mass is 9.96. The molecule has 0 bridgehead atoms. The lowest BCUT2D eigenvalue weighted by Gasteiger charge is -2.39. The van der Waals surface area contributed by atoms with Crippen LogP contribution < -0.4 is 11.3 Å². The number of nitrogen functional groups attached to an aromatic ring is 1. The molecule has 6 nitrogen and oxygen atoms in total. The third-order valence-corrected chi connectivity index (χ3v) is 4.16. The van der Waals surface area contributed by atoms with Gasteiger partial charge in [-0.2, -0.15) is 0 Å². The van der Waals surface area contributed by atoms with Crippen molar-refractivity contribution in [1.29, 1.82) is 0 Å². The number of hydrogen-bond donors (Lipinski definition) is 2. The maximum Gasteiger partial charge on any atom is 0.293 e. The molecule has 1 fully saturated rings. The quantitative estimate of drug-likeness (QED) is 0.502. The van der Waals surface area contributed by atoms with Crippen molar-refractivity contribution in [2.75, 3.05) is 5.43 Å². The lowest BCUT2D eigenvalue weighted by molar-refractivity contribution is -0.384. The maximum atomic E-state index is 11.1. The van der Waals surface area contributed by atoms with E-state index in [4.69, 9.17) is 5.84 Å². The number of anilines is 1. The van der Waals surface area contributed by atoms with Crippen LogP contribution in [-0.4, -0.2) is 21.9 Å². The average Bonchev–Trinajstić information content (AvgIpc) is 2.43. The number of nitrogens with zero attached hydrogens (tertiary/aromatic N) is 2. The number of hydrazine groups is 1. The van der Waals surface area contributed by atoms with Crippen molar-refractivity contribution in [1.82, 2.24) is 4.90 Å². The second-order valence-electron chi connectivity index (χ2n) is 5.55. The summed E-state index contributed by atoms with van der Waals surface area (Å²) in [6.45, 7) is 5.19. The minimum absolute atomic E-state index is 0.0299. The van der Waals surface area contributed by atoms with E-state index in [1.807, 2.05) is 6.07 Å². The van der Waals surface area contributed by atoms with E-state index in [0.717, 1.165) is 12.1 Å².